The summed E-state index contributed by atoms with van der Waals surface area (Å²) in [6, 6.07) is 32.7. The number of para-hydroxylation sites is 1. The maximum Gasteiger partial charge on any atom is 0.0989 e. The van der Waals surface area contributed by atoms with E-state index in [0.29, 0.717) is 29.6 Å². The van der Waals surface area contributed by atoms with Crippen molar-refractivity contribution < 1.29 is 25.8 Å². The molecule has 0 spiro atoms. The number of nitrogens with zero attached hydrogens (tertiary/aromatic N) is 3. The summed E-state index contributed by atoms with van der Waals surface area (Å²) in [6.45, 7) is 23.1. The van der Waals surface area contributed by atoms with Crippen molar-refractivity contribution in [3.05, 3.63) is 158 Å². The molecule has 5 rings (SSSR count). The SMILES string of the molecule is CC(C)c1cc(C(C)C)c(C([N-]c2c(C(C)C)cccc2C(C)C)c2nc(-c3ccccc3)c(-c3ccccc3)n2C)c(C(C)C)c1.[CH3-].[CH3-].[CH3-].[Hf]. The van der Waals surface area contributed by atoms with E-state index in [9.17, 15) is 0 Å². The van der Waals surface area contributed by atoms with E-state index in [1.54, 1.807) is 0 Å². The summed E-state index contributed by atoms with van der Waals surface area (Å²) in [4.78, 5) is 5.61. The molecule has 0 aliphatic rings. The van der Waals surface area contributed by atoms with Crippen LogP contribution in [0.3, 0.4) is 0 Å². The van der Waals surface area contributed by atoms with Gasteiger partial charge in [0.2, 0.25) is 0 Å². The zero-order chi connectivity index (χ0) is 34.0. The fraction of sp³-hybridized carbons (Fsp3) is 0.362. The molecule has 274 valence electrons. The Morgan fingerprint density at radius 1 is 0.529 bits per heavy atom. The van der Waals surface area contributed by atoms with E-state index in [4.69, 9.17) is 10.3 Å². The number of rotatable bonds is 11. The van der Waals surface area contributed by atoms with E-state index in [0.717, 1.165) is 34.0 Å². The number of hydrogen-bond donors (Lipinski definition) is 0. The molecule has 51 heavy (non-hydrogen) atoms. The first kappa shape index (κ1) is 45.8. The van der Waals surface area contributed by atoms with E-state index in [2.05, 4.69) is 172 Å². The molecule has 3 nitrogen and oxygen atoms in total. The fourth-order valence-electron chi connectivity index (χ4n) is 6.85. The second-order valence-electron chi connectivity index (χ2n) is 14.7. The van der Waals surface area contributed by atoms with Crippen molar-refractivity contribution in [1.82, 2.24) is 9.55 Å². The van der Waals surface area contributed by atoms with Crippen LogP contribution in [-0.2, 0) is 32.9 Å². The van der Waals surface area contributed by atoms with Gasteiger partial charge < -0.3 is 32.2 Å². The van der Waals surface area contributed by atoms with Crippen molar-refractivity contribution >= 4 is 5.69 Å². The van der Waals surface area contributed by atoms with Crippen LogP contribution in [-0.4, -0.2) is 9.55 Å². The van der Waals surface area contributed by atoms with Crippen LogP contribution < -0.4 is 0 Å². The average Bonchev–Trinajstić information content (AvgIpc) is 3.39. The minimum Gasteiger partial charge on any atom is -0.671 e. The largest absolute Gasteiger partial charge is 0.671 e. The van der Waals surface area contributed by atoms with Gasteiger partial charge in [-0.2, -0.15) is 0 Å². The molecular weight excluding hydrogens is 785 g/mol. The summed E-state index contributed by atoms with van der Waals surface area (Å²) in [5.41, 5.74) is 13.5. The van der Waals surface area contributed by atoms with Crippen LogP contribution >= 0.6 is 0 Å². The first-order valence-corrected chi connectivity index (χ1v) is 17.6. The first-order chi connectivity index (χ1) is 22.4. The maximum atomic E-state index is 5.92. The molecule has 0 saturated heterocycles. The Kier molecular flexibility index (Phi) is 17.6. The molecule has 1 heterocycles. The number of imidazole rings is 1. The van der Waals surface area contributed by atoms with Gasteiger partial charge in [0.15, 0.2) is 0 Å². The Morgan fingerprint density at radius 2 is 0.961 bits per heavy atom. The molecule has 4 heteroatoms. The van der Waals surface area contributed by atoms with Gasteiger partial charge in [-0.25, -0.2) is 4.98 Å². The van der Waals surface area contributed by atoms with E-state index in [1.165, 1.54) is 33.4 Å². The third kappa shape index (κ3) is 9.60. The van der Waals surface area contributed by atoms with E-state index in [1.807, 2.05) is 0 Å². The molecule has 0 radical (unpaired) electrons. The van der Waals surface area contributed by atoms with E-state index < -0.39 is 0 Å². The molecule has 0 N–H and O–H groups in total. The summed E-state index contributed by atoms with van der Waals surface area (Å²) < 4.78 is 2.32. The van der Waals surface area contributed by atoms with Gasteiger partial charge >= 0.3 is 0 Å². The summed E-state index contributed by atoms with van der Waals surface area (Å²) in [6.07, 6.45) is 0. The predicted molar refractivity (Wildman–Crippen MR) is 222 cm³/mol. The van der Waals surface area contributed by atoms with Gasteiger partial charge in [0, 0.05) is 44.0 Å². The van der Waals surface area contributed by atoms with Crippen molar-refractivity contribution in [2.24, 2.45) is 7.05 Å². The zero-order valence-electron chi connectivity index (χ0n) is 34.0. The smallest absolute Gasteiger partial charge is 0.0989 e. The Bertz CT molecular complexity index is 1740. The van der Waals surface area contributed by atoms with Crippen LogP contribution in [0.15, 0.2) is 91.0 Å². The second kappa shape index (κ2) is 19.6. The third-order valence-corrected chi connectivity index (χ3v) is 9.52. The molecule has 1 atom stereocenters. The summed E-state index contributed by atoms with van der Waals surface area (Å²) in [5, 5.41) is 5.92. The standard InChI is InChI=1S/C44H54N3.3CH3.Hf/c1-27(2)34-25-37(30(7)8)39(38(26-34)31(9)10)42(45-41-35(28(3)4)23-18-24-36(41)29(5)6)44-46-40(32-19-14-12-15-20-32)43(47(44)11)33-21-16-13-17-22-33;;;;/h12-31,42H,1-11H3;3*1H3;/q4*-1;. The van der Waals surface area contributed by atoms with Crippen molar-refractivity contribution in [2.45, 2.75) is 105 Å². The quantitative estimate of drug-likeness (QED) is 0.0962. The number of hydrogen-bond acceptors (Lipinski definition) is 1. The van der Waals surface area contributed by atoms with Crippen LogP contribution in [0, 0.1) is 22.3 Å². The minimum atomic E-state index is -0.298. The van der Waals surface area contributed by atoms with Crippen LogP contribution in [0.25, 0.3) is 27.8 Å². The average molecular weight is 849 g/mol. The van der Waals surface area contributed by atoms with Gasteiger partial charge in [-0.15, -0.1) is 5.69 Å². The summed E-state index contributed by atoms with van der Waals surface area (Å²) >= 11 is 0. The first-order valence-electron chi connectivity index (χ1n) is 17.6. The third-order valence-electron chi connectivity index (χ3n) is 9.52. The molecule has 5 aromatic rings. The van der Waals surface area contributed by atoms with Crippen molar-refractivity contribution in [3.63, 3.8) is 0 Å². The molecule has 4 aromatic carbocycles. The Balaban J connectivity index is 0.00000325. The molecular formula is C47H63HfN3-4. The molecule has 1 unspecified atom stereocenters. The second-order valence-corrected chi connectivity index (χ2v) is 14.7. The maximum absolute atomic E-state index is 5.92. The Hall–Kier alpha value is -3.24. The topological polar surface area (TPSA) is 31.9 Å². The van der Waals surface area contributed by atoms with Crippen LogP contribution in [0.2, 0.25) is 0 Å². The van der Waals surface area contributed by atoms with Crippen molar-refractivity contribution in [1.29, 1.82) is 0 Å². The van der Waals surface area contributed by atoms with E-state index in [-0.39, 0.29) is 54.2 Å². The molecule has 0 saturated carbocycles. The van der Waals surface area contributed by atoms with Gasteiger partial charge in [0.05, 0.1) is 17.2 Å². The van der Waals surface area contributed by atoms with Crippen molar-refractivity contribution in [2.75, 3.05) is 0 Å². The Morgan fingerprint density at radius 3 is 1.37 bits per heavy atom. The summed E-state index contributed by atoms with van der Waals surface area (Å²) in [5.74, 6) is 2.74. The molecule has 1 aromatic heterocycles. The zero-order valence-corrected chi connectivity index (χ0v) is 37.6. The van der Waals surface area contributed by atoms with Crippen LogP contribution in [0.4, 0.5) is 5.69 Å². The van der Waals surface area contributed by atoms with Gasteiger partial charge in [0.1, 0.15) is 0 Å². The van der Waals surface area contributed by atoms with Gasteiger partial charge in [-0.3, -0.25) is 0 Å². The van der Waals surface area contributed by atoms with Gasteiger partial charge in [0.25, 0.3) is 0 Å². The van der Waals surface area contributed by atoms with Crippen LogP contribution in [0.5, 0.6) is 0 Å². The summed E-state index contributed by atoms with van der Waals surface area (Å²) in [7, 11) is 2.18. The minimum absolute atomic E-state index is 0. The molecule has 0 bridgehead atoms. The van der Waals surface area contributed by atoms with Crippen LogP contribution in [0.1, 0.15) is 144 Å². The predicted octanol–water partition coefficient (Wildman–Crippen LogP) is 14.5. The Labute approximate surface area is 331 Å². The van der Waals surface area contributed by atoms with Gasteiger partial charge in [-0.05, 0) is 57.9 Å². The van der Waals surface area contributed by atoms with Gasteiger partial charge in [-0.1, -0.05) is 171 Å². The molecule has 0 fully saturated rings. The fourth-order valence-corrected chi connectivity index (χ4v) is 6.85. The normalized spacial score (nSPS) is 11.6. The van der Waals surface area contributed by atoms with Crippen molar-refractivity contribution in [3.8, 4) is 22.5 Å². The number of benzene rings is 4. The monoisotopic (exact) mass is 849 g/mol. The molecule has 0 aliphatic heterocycles. The molecule has 0 aliphatic carbocycles. The number of aromatic nitrogens is 2. The molecule has 0 amide bonds. The van der Waals surface area contributed by atoms with E-state index >= 15 is 0 Å².